The van der Waals surface area contributed by atoms with Gasteiger partial charge in [0.05, 0.1) is 0 Å². The third-order valence-corrected chi connectivity index (χ3v) is 4.39. The molecule has 18 heavy (non-hydrogen) atoms. The van der Waals surface area contributed by atoms with Crippen molar-refractivity contribution in [3.05, 3.63) is 0 Å². The zero-order valence-electron chi connectivity index (χ0n) is 11.0. The first kappa shape index (κ1) is 13.1. The third kappa shape index (κ3) is 2.16. The van der Waals surface area contributed by atoms with Crippen LogP contribution in [0, 0.1) is 0 Å². The minimum atomic E-state index is -0.976. The highest BCUT2D eigenvalue weighted by atomic mass is 16.4. The molecular formula is C12H21N3O3. The van der Waals surface area contributed by atoms with E-state index in [0.29, 0.717) is 0 Å². The van der Waals surface area contributed by atoms with E-state index in [1.54, 1.807) is 4.90 Å². The largest absolute Gasteiger partial charge is 0.465 e. The van der Waals surface area contributed by atoms with E-state index in [4.69, 9.17) is 5.11 Å². The summed E-state index contributed by atoms with van der Waals surface area (Å²) in [6.45, 7) is 1.66. The fourth-order valence-corrected chi connectivity index (χ4v) is 3.14. The Hall–Kier alpha value is -1.30. The molecule has 1 aliphatic carbocycles. The molecule has 0 unspecified atom stereocenters. The molecule has 6 heteroatoms. The van der Waals surface area contributed by atoms with E-state index in [1.807, 2.05) is 14.1 Å². The van der Waals surface area contributed by atoms with E-state index >= 15 is 0 Å². The van der Waals surface area contributed by atoms with E-state index < -0.39 is 11.6 Å². The SMILES string of the molecule is CN1CCN(C)C2(CCC(NC(=O)O)CC2)C1=O. The predicted octanol–water partition coefficient (Wildman–Crippen LogP) is 0.339. The predicted molar refractivity (Wildman–Crippen MR) is 66.4 cm³/mol. The highest BCUT2D eigenvalue weighted by Crippen LogP contribution is 2.36. The van der Waals surface area contributed by atoms with Gasteiger partial charge in [-0.1, -0.05) is 0 Å². The van der Waals surface area contributed by atoms with Crippen molar-refractivity contribution < 1.29 is 14.7 Å². The van der Waals surface area contributed by atoms with Gasteiger partial charge in [-0.15, -0.1) is 0 Å². The quantitative estimate of drug-likeness (QED) is 0.708. The Morgan fingerprint density at radius 2 is 1.94 bits per heavy atom. The van der Waals surface area contributed by atoms with Gasteiger partial charge < -0.3 is 15.3 Å². The van der Waals surface area contributed by atoms with E-state index in [-0.39, 0.29) is 11.9 Å². The summed E-state index contributed by atoms with van der Waals surface area (Å²) in [5.74, 6) is 0.185. The van der Waals surface area contributed by atoms with Crippen LogP contribution < -0.4 is 5.32 Å². The van der Waals surface area contributed by atoms with Gasteiger partial charge in [0.25, 0.3) is 0 Å². The molecule has 1 spiro atoms. The van der Waals surface area contributed by atoms with Crippen molar-refractivity contribution in [1.29, 1.82) is 0 Å². The second kappa shape index (κ2) is 4.76. The average Bonchev–Trinajstić information content (AvgIpc) is 2.33. The minimum Gasteiger partial charge on any atom is -0.465 e. The number of amides is 2. The van der Waals surface area contributed by atoms with E-state index in [9.17, 15) is 9.59 Å². The molecule has 0 atom stereocenters. The maximum atomic E-state index is 12.4. The van der Waals surface area contributed by atoms with Crippen molar-refractivity contribution in [3.63, 3.8) is 0 Å². The molecule has 2 fully saturated rings. The molecule has 0 aromatic rings. The molecule has 1 aliphatic heterocycles. The molecule has 0 aromatic heterocycles. The van der Waals surface area contributed by atoms with Gasteiger partial charge >= 0.3 is 6.09 Å². The molecule has 2 rings (SSSR count). The van der Waals surface area contributed by atoms with Crippen LogP contribution in [0.2, 0.25) is 0 Å². The van der Waals surface area contributed by atoms with Gasteiger partial charge in [0.2, 0.25) is 5.91 Å². The second-order valence-corrected chi connectivity index (χ2v) is 5.40. The molecular weight excluding hydrogens is 234 g/mol. The monoisotopic (exact) mass is 255 g/mol. The van der Waals surface area contributed by atoms with Crippen LogP contribution >= 0.6 is 0 Å². The Morgan fingerprint density at radius 1 is 1.33 bits per heavy atom. The standard InChI is InChI=1S/C12H21N3O3/c1-14-7-8-15(2)12(10(14)16)5-3-9(4-6-12)13-11(17)18/h9,13H,3-8H2,1-2H3,(H,17,18). The van der Waals surface area contributed by atoms with Gasteiger partial charge in [0, 0.05) is 26.2 Å². The number of hydrogen-bond donors (Lipinski definition) is 2. The summed E-state index contributed by atoms with van der Waals surface area (Å²) < 4.78 is 0. The summed E-state index contributed by atoms with van der Waals surface area (Å²) in [7, 11) is 3.84. The van der Waals surface area contributed by atoms with E-state index in [2.05, 4.69) is 10.2 Å². The molecule has 0 aromatic carbocycles. The highest BCUT2D eigenvalue weighted by Gasteiger charge is 2.48. The Morgan fingerprint density at radius 3 is 2.50 bits per heavy atom. The molecule has 1 saturated heterocycles. The van der Waals surface area contributed by atoms with Crippen LogP contribution in [0.1, 0.15) is 25.7 Å². The summed E-state index contributed by atoms with van der Waals surface area (Å²) in [5.41, 5.74) is -0.399. The molecule has 1 saturated carbocycles. The highest BCUT2D eigenvalue weighted by molar-refractivity contribution is 5.87. The number of carbonyl (C=O) groups excluding carboxylic acids is 1. The Bertz CT molecular complexity index is 350. The normalized spacial score (nSPS) is 33.8. The number of nitrogens with zero attached hydrogens (tertiary/aromatic N) is 2. The lowest BCUT2D eigenvalue weighted by Crippen LogP contribution is -2.65. The van der Waals surface area contributed by atoms with Crippen molar-refractivity contribution in [2.45, 2.75) is 37.3 Å². The van der Waals surface area contributed by atoms with Crippen LogP contribution in [-0.4, -0.2) is 65.7 Å². The zero-order chi connectivity index (χ0) is 13.3. The smallest absolute Gasteiger partial charge is 0.404 e. The minimum absolute atomic E-state index is 0.0124. The van der Waals surface area contributed by atoms with Crippen LogP contribution in [-0.2, 0) is 4.79 Å². The van der Waals surface area contributed by atoms with Gasteiger partial charge in [-0.3, -0.25) is 9.69 Å². The number of piperazine rings is 1. The lowest BCUT2D eigenvalue weighted by Gasteiger charge is -2.50. The topological polar surface area (TPSA) is 72.9 Å². The summed E-state index contributed by atoms with van der Waals surface area (Å²) in [5, 5.41) is 11.2. The van der Waals surface area contributed by atoms with Crippen molar-refractivity contribution in [2.75, 3.05) is 27.2 Å². The molecule has 2 aliphatic rings. The maximum absolute atomic E-state index is 12.4. The van der Waals surface area contributed by atoms with E-state index in [0.717, 1.165) is 38.8 Å². The van der Waals surface area contributed by atoms with Gasteiger partial charge in [-0.05, 0) is 32.7 Å². The molecule has 2 amide bonds. The van der Waals surface area contributed by atoms with E-state index in [1.165, 1.54) is 0 Å². The van der Waals surface area contributed by atoms with Crippen LogP contribution in [0.15, 0.2) is 0 Å². The van der Waals surface area contributed by atoms with Gasteiger partial charge in [0.1, 0.15) is 5.54 Å². The summed E-state index contributed by atoms with van der Waals surface area (Å²) in [6, 6.07) is -0.0124. The number of rotatable bonds is 1. The zero-order valence-corrected chi connectivity index (χ0v) is 11.0. The Labute approximate surface area is 107 Å². The summed E-state index contributed by atoms with van der Waals surface area (Å²) >= 11 is 0. The number of carbonyl (C=O) groups is 2. The van der Waals surface area contributed by atoms with Gasteiger partial charge in [0.15, 0.2) is 0 Å². The van der Waals surface area contributed by atoms with Crippen LogP contribution in [0.5, 0.6) is 0 Å². The Balaban J connectivity index is 2.05. The van der Waals surface area contributed by atoms with Crippen LogP contribution in [0.4, 0.5) is 4.79 Å². The first-order valence-electron chi connectivity index (χ1n) is 6.42. The average molecular weight is 255 g/mol. The Kier molecular flexibility index (Phi) is 3.47. The number of nitrogens with one attached hydrogen (secondary N) is 1. The first-order valence-corrected chi connectivity index (χ1v) is 6.42. The number of carboxylic acid groups (broad SMARTS) is 1. The fraction of sp³-hybridized carbons (Fsp3) is 0.833. The third-order valence-electron chi connectivity index (χ3n) is 4.39. The fourth-order valence-electron chi connectivity index (χ4n) is 3.14. The number of hydrogen-bond acceptors (Lipinski definition) is 3. The lowest BCUT2D eigenvalue weighted by molar-refractivity contribution is -0.151. The van der Waals surface area contributed by atoms with Gasteiger partial charge in [-0.2, -0.15) is 0 Å². The molecule has 102 valence electrons. The molecule has 0 radical (unpaired) electrons. The molecule has 6 nitrogen and oxygen atoms in total. The molecule has 2 N–H and O–H groups in total. The van der Waals surface area contributed by atoms with Crippen molar-refractivity contribution >= 4 is 12.0 Å². The molecule has 1 heterocycles. The summed E-state index contributed by atoms with van der Waals surface area (Å²) in [4.78, 5) is 27.0. The maximum Gasteiger partial charge on any atom is 0.404 e. The van der Waals surface area contributed by atoms with Crippen molar-refractivity contribution in [3.8, 4) is 0 Å². The van der Waals surface area contributed by atoms with Crippen molar-refractivity contribution in [2.24, 2.45) is 0 Å². The molecule has 0 bridgehead atoms. The van der Waals surface area contributed by atoms with Crippen LogP contribution in [0.25, 0.3) is 0 Å². The first-order chi connectivity index (χ1) is 8.45. The second-order valence-electron chi connectivity index (χ2n) is 5.40. The number of likely N-dealkylation sites (N-methyl/N-ethyl adjacent to an activating group) is 2. The van der Waals surface area contributed by atoms with Crippen LogP contribution in [0.3, 0.4) is 0 Å². The van der Waals surface area contributed by atoms with Gasteiger partial charge in [-0.25, -0.2) is 4.79 Å². The van der Waals surface area contributed by atoms with Crippen molar-refractivity contribution in [1.82, 2.24) is 15.1 Å². The lowest BCUT2D eigenvalue weighted by atomic mass is 9.76. The summed E-state index contributed by atoms with van der Waals surface area (Å²) in [6.07, 6.45) is 1.96.